The van der Waals surface area contributed by atoms with E-state index in [1.807, 2.05) is 93.2 Å². The molecular formula is C42H46N4O2. The van der Waals surface area contributed by atoms with Crippen molar-refractivity contribution in [1.82, 2.24) is 19.9 Å². The number of hydrogen-bond acceptors (Lipinski definition) is 6. The van der Waals surface area contributed by atoms with Crippen molar-refractivity contribution < 1.29 is 9.47 Å². The van der Waals surface area contributed by atoms with Crippen molar-refractivity contribution in [1.29, 1.82) is 0 Å². The van der Waals surface area contributed by atoms with Gasteiger partial charge in [0.25, 0.3) is 0 Å². The third kappa shape index (κ3) is 7.71. The van der Waals surface area contributed by atoms with Crippen LogP contribution < -0.4 is 9.47 Å². The SMILES string of the molecule is CC=Cc1cc(OC)c(C=Cc2ccc(C(c3ccc(C)nc3)(c3ccccn3)c3ccccn3)nc2)cc1OCC(CC)CCCC. The molecule has 0 aliphatic heterocycles. The first-order valence-corrected chi connectivity index (χ1v) is 16.9. The lowest BCUT2D eigenvalue weighted by Gasteiger charge is -2.33. The summed E-state index contributed by atoms with van der Waals surface area (Å²) in [5.74, 6) is 2.18. The van der Waals surface area contributed by atoms with E-state index in [9.17, 15) is 0 Å². The average Bonchev–Trinajstić information content (AvgIpc) is 3.14. The second kappa shape index (κ2) is 16.6. The lowest BCUT2D eigenvalue weighted by molar-refractivity contribution is 0.232. The second-order valence-corrected chi connectivity index (χ2v) is 12.0. The van der Waals surface area contributed by atoms with Gasteiger partial charge in [0, 0.05) is 41.6 Å². The molecule has 5 rings (SSSR count). The number of ether oxygens (including phenoxy) is 2. The fraction of sp³-hybridized carbons (Fsp3) is 0.286. The Labute approximate surface area is 285 Å². The number of methoxy groups -OCH3 is 1. The van der Waals surface area contributed by atoms with Crippen LogP contribution in [0.2, 0.25) is 0 Å². The van der Waals surface area contributed by atoms with Crippen molar-refractivity contribution in [2.45, 2.75) is 58.8 Å². The Morgan fingerprint density at radius 3 is 2.02 bits per heavy atom. The zero-order valence-electron chi connectivity index (χ0n) is 28.8. The van der Waals surface area contributed by atoms with Crippen LogP contribution in [0.15, 0.2) is 104 Å². The Balaban J connectivity index is 1.52. The summed E-state index contributed by atoms with van der Waals surface area (Å²) in [6, 6.07) is 24.3. The molecule has 4 aromatic heterocycles. The zero-order chi connectivity index (χ0) is 33.8. The van der Waals surface area contributed by atoms with Gasteiger partial charge in [-0.1, -0.05) is 81.7 Å². The number of allylic oxidation sites excluding steroid dienone is 1. The summed E-state index contributed by atoms with van der Waals surface area (Å²) in [6.07, 6.45) is 20.3. The van der Waals surface area contributed by atoms with Crippen LogP contribution in [0.4, 0.5) is 0 Å². The van der Waals surface area contributed by atoms with E-state index in [0.717, 1.165) is 62.9 Å². The Morgan fingerprint density at radius 1 is 0.750 bits per heavy atom. The van der Waals surface area contributed by atoms with Gasteiger partial charge in [0.15, 0.2) is 0 Å². The minimum atomic E-state index is -0.864. The van der Waals surface area contributed by atoms with Gasteiger partial charge >= 0.3 is 0 Å². The predicted molar refractivity (Wildman–Crippen MR) is 196 cm³/mol. The Hall–Kier alpha value is -5.10. The molecule has 0 saturated carbocycles. The highest BCUT2D eigenvalue weighted by Gasteiger charge is 2.42. The topological polar surface area (TPSA) is 70.0 Å². The van der Waals surface area contributed by atoms with Crippen LogP contribution in [0.1, 0.15) is 91.5 Å². The number of pyridine rings is 4. The maximum atomic E-state index is 6.45. The first-order chi connectivity index (χ1) is 23.5. The van der Waals surface area contributed by atoms with E-state index in [1.165, 1.54) is 19.3 Å². The maximum Gasteiger partial charge on any atom is 0.127 e. The third-order valence-corrected chi connectivity index (χ3v) is 8.79. The molecule has 0 spiro atoms. The van der Waals surface area contributed by atoms with Gasteiger partial charge in [-0.2, -0.15) is 0 Å². The first kappa shape index (κ1) is 34.2. The minimum absolute atomic E-state index is 0.536. The molecule has 6 nitrogen and oxygen atoms in total. The largest absolute Gasteiger partial charge is 0.496 e. The summed E-state index contributed by atoms with van der Waals surface area (Å²) in [4.78, 5) is 19.4. The van der Waals surface area contributed by atoms with Crippen molar-refractivity contribution in [3.63, 3.8) is 0 Å². The van der Waals surface area contributed by atoms with Crippen LogP contribution >= 0.6 is 0 Å². The number of aryl methyl sites for hydroxylation is 1. The molecule has 0 bridgehead atoms. The van der Waals surface area contributed by atoms with Crippen LogP contribution in [-0.2, 0) is 5.41 Å². The van der Waals surface area contributed by atoms with Crippen LogP contribution in [0, 0.1) is 12.8 Å². The molecule has 4 heterocycles. The highest BCUT2D eigenvalue weighted by Crippen LogP contribution is 2.42. The lowest BCUT2D eigenvalue weighted by atomic mass is 9.71. The molecule has 0 radical (unpaired) electrons. The molecule has 0 saturated heterocycles. The normalized spacial score (nSPS) is 12.4. The van der Waals surface area contributed by atoms with Gasteiger partial charge < -0.3 is 9.47 Å². The highest BCUT2D eigenvalue weighted by atomic mass is 16.5. The molecule has 0 fully saturated rings. The van der Waals surface area contributed by atoms with Crippen LogP contribution in [-0.4, -0.2) is 33.7 Å². The second-order valence-electron chi connectivity index (χ2n) is 12.0. The van der Waals surface area contributed by atoms with Crippen LogP contribution in [0.5, 0.6) is 11.5 Å². The molecule has 0 aliphatic carbocycles. The lowest BCUT2D eigenvalue weighted by Crippen LogP contribution is -2.34. The van der Waals surface area contributed by atoms with Crippen molar-refractivity contribution in [3.05, 3.63) is 149 Å². The van der Waals surface area contributed by atoms with Gasteiger partial charge in [0.05, 0.1) is 30.8 Å². The molecular weight excluding hydrogens is 592 g/mol. The molecule has 6 heteroatoms. The number of benzene rings is 1. The standard InChI is InChI=1S/C42H46N4O2/c1-6-9-15-32(8-3)30-48-38-27-35(37(47-5)26-34(38)14-7-2)21-19-33-20-23-41(46-28-33)42(39-16-10-12-24-43-39,40-17-11-13-25-44-40)36-22-18-31(4)45-29-36/h7,10-14,16-29,32H,6,8-9,15,30H2,1-5H3. The molecule has 1 atom stereocenters. The highest BCUT2D eigenvalue weighted by molar-refractivity contribution is 5.76. The van der Waals surface area contributed by atoms with Crippen molar-refractivity contribution in [2.24, 2.45) is 5.92 Å². The fourth-order valence-electron chi connectivity index (χ4n) is 6.05. The smallest absolute Gasteiger partial charge is 0.127 e. The summed E-state index contributed by atoms with van der Waals surface area (Å²) < 4.78 is 12.3. The van der Waals surface area contributed by atoms with E-state index in [0.29, 0.717) is 12.5 Å². The van der Waals surface area contributed by atoms with Gasteiger partial charge in [-0.15, -0.1) is 0 Å². The molecule has 1 aromatic carbocycles. The van der Waals surface area contributed by atoms with Crippen molar-refractivity contribution in [2.75, 3.05) is 13.7 Å². The van der Waals surface area contributed by atoms with E-state index in [2.05, 4.69) is 61.3 Å². The summed E-state index contributed by atoms with van der Waals surface area (Å²) >= 11 is 0. The molecule has 0 amide bonds. The average molecular weight is 639 g/mol. The van der Waals surface area contributed by atoms with Crippen LogP contribution in [0.3, 0.4) is 0 Å². The molecule has 1 unspecified atom stereocenters. The van der Waals surface area contributed by atoms with E-state index in [1.54, 1.807) is 7.11 Å². The van der Waals surface area contributed by atoms with Gasteiger partial charge in [0.1, 0.15) is 16.9 Å². The van der Waals surface area contributed by atoms with Gasteiger partial charge in [0.2, 0.25) is 0 Å². The molecule has 0 aliphatic rings. The molecule has 246 valence electrons. The number of nitrogens with zero attached hydrogens (tertiary/aromatic N) is 4. The van der Waals surface area contributed by atoms with Gasteiger partial charge in [-0.25, -0.2) is 0 Å². The fourth-order valence-corrected chi connectivity index (χ4v) is 6.05. The molecule has 48 heavy (non-hydrogen) atoms. The van der Waals surface area contributed by atoms with Crippen molar-refractivity contribution >= 4 is 18.2 Å². The third-order valence-electron chi connectivity index (χ3n) is 8.79. The summed E-state index contributed by atoms with van der Waals surface area (Å²) in [6.45, 7) is 9.18. The Bertz CT molecular complexity index is 1740. The minimum Gasteiger partial charge on any atom is -0.496 e. The monoisotopic (exact) mass is 638 g/mol. The number of rotatable bonds is 15. The molecule has 0 N–H and O–H groups in total. The van der Waals surface area contributed by atoms with E-state index >= 15 is 0 Å². The van der Waals surface area contributed by atoms with E-state index in [-0.39, 0.29) is 0 Å². The van der Waals surface area contributed by atoms with Gasteiger partial charge in [-0.05, 0) is 85.8 Å². The number of aromatic nitrogens is 4. The predicted octanol–water partition coefficient (Wildman–Crippen LogP) is 9.77. The summed E-state index contributed by atoms with van der Waals surface area (Å²) in [5, 5.41) is 0. The zero-order valence-corrected chi connectivity index (χ0v) is 28.8. The van der Waals surface area contributed by atoms with E-state index in [4.69, 9.17) is 24.4 Å². The summed E-state index contributed by atoms with van der Waals surface area (Å²) in [5.41, 5.74) is 6.36. The van der Waals surface area contributed by atoms with E-state index < -0.39 is 5.41 Å². The first-order valence-electron chi connectivity index (χ1n) is 16.9. The van der Waals surface area contributed by atoms with Crippen molar-refractivity contribution in [3.8, 4) is 11.5 Å². The Morgan fingerprint density at radius 2 is 1.46 bits per heavy atom. The van der Waals surface area contributed by atoms with Crippen LogP contribution in [0.25, 0.3) is 18.2 Å². The Kier molecular flexibility index (Phi) is 11.9. The molecule has 5 aromatic rings. The maximum absolute atomic E-state index is 6.45. The quantitative estimate of drug-likeness (QED) is 0.114. The number of unbranched alkanes of at least 4 members (excludes halogenated alkanes) is 1. The number of hydrogen-bond donors (Lipinski definition) is 0. The summed E-state index contributed by atoms with van der Waals surface area (Å²) in [7, 11) is 1.70. The van der Waals surface area contributed by atoms with Gasteiger partial charge in [-0.3, -0.25) is 19.9 Å².